The second-order valence-electron chi connectivity index (χ2n) is 5.39. The molecule has 1 aliphatic rings. The van der Waals surface area contributed by atoms with E-state index in [1.165, 1.54) is 10.6 Å². The predicted molar refractivity (Wildman–Crippen MR) is 84.5 cm³/mol. The molecule has 7 heteroatoms. The lowest BCUT2D eigenvalue weighted by molar-refractivity contribution is 0.0921. The minimum absolute atomic E-state index is 0.160. The highest BCUT2D eigenvalue weighted by molar-refractivity contribution is 7.88. The number of nitrogens with one attached hydrogen (secondary N) is 1. The van der Waals surface area contributed by atoms with Crippen molar-refractivity contribution in [3.63, 3.8) is 0 Å². The maximum atomic E-state index is 12.3. The van der Waals surface area contributed by atoms with Gasteiger partial charge in [-0.15, -0.1) is 0 Å². The quantitative estimate of drug-likeness (QED) is 0.883. The molecule has 1 aromatic rings. The summed E-state index contributed by atoms with van der Waals surface area (Å²) in [6, 6.07) is 6.81. The van der Waals surface area contributed by atoms with Crippen LogP contribution in [0.2, 0.25) is 0 Å². The highest BCUT2D eigenvalue weighted by atomic mass is 32.2. The Hall–Kier alpha value is -1.60. The highest BCUT2D eigenvalue weighted by Gasteiger charge is 2.27. The molecule has 0 spiro atoms. The molecule has 1 atom stereocenters. The molecule has 22 heavy (non-hydrogen) atoms. The third-order valence-electron chi connectivity index (χ3n) is 3.60. The number of piperidine rings is 1. The van der Waals surface area contributed by atoms with Gasteiger partial charge in [0.25, 0.3) is 5.91 Å². The first-order valence-electron chi connectivity index (χ1n) is 7.39. The fourth-order valence-electron chi connectivity index (χ4n) is 2.52. The number of hydrogen-bond donors (Lipinski definition) is 1. The smallest absolute Gasteiger partial charge is 0.251 e. The van der Waals surface area contributed by atoms with E-state index in [-0.39, 0.29) is 11.9 Å². The van der Waals surface area contributed by atoms with Gasteiger partial charge in [0, 0.05) is 24.7 Å². The molecular weight excluding hydrogens is 304 g/mol. The molecule has 1 N–H and O–H groups in total. The lowest BCUT2D eigenvalue weighted by Crippen LogP contribution is -2.49. The van der Waals surface area contributed by atoms with Crippen LogP contribution in [0.3, 0.4) is 0 Å². The molecule has 1 aliphatic heterocycles. The fraction of sp³-hybridized carbons (Fsp3) is 0.533. The van der Waals surface area contributed by atoms with Gasteiger partial charge in [-0.3, -0.25) is 4.79 Å². The molecule has 1 saturated heterocycles. The molecule has 1 unspecified atom stereocenters. The van der Waals surface area contributed by atoms with Crippen molar-refractivity contribution in [2.45, 2.75) is 25.8 Å². The zero-order chi connectivity index (χ0) is 16.2. The van der Waals surface area contributed by atoms with Crippen LogP contribution >= 0.6 is 0 Å². The first-order valence-corrected chi connectivity index (χ1v) is 9.24. The van der Waals surface area contributed by atoms with Crippen LogP contribution in [-0.4, -0.2) is 50.6 Å². The van der Waals surface area contributed by atoms with E-state index in [0.29, 0.717) is 31.0 Å². The van der Waals surface area contributed by atoms with Crippen molar-refractivity contribution in [2.24, 2.45) is 0 Å². The maximum absolute atomic E-state index is 12.3. The topological polar surface area (TPSA) is 75.7 Å². The van der Waals surface area contributed by atoms with Crippen molar-refractivity contribution in [1.82, 2.24) is 9.62 Å². The molecule has 0 radical (unpaired) electrons. The number of nitrogens with zero attached hydrogens (tertiary/aromatic N) is 1. The van der Waals surface area contributed by atoms with Crippen LogP contribution < -0.4 is 10.1 Å². The summed E-state index contributed by atoms with van der Waals surface area (Å²) in [7, 11) is -3.21. The van der Waals surface area contributed by atoms with Gasteiger partial charge in [-0.25, -0.2) is 12.7 Å². The zero-order valence-electron chi connectivity index (χ0n) is 12.9. The lowest BCUT2D eigenvalue weighted by Gasteiger charge is -2.31. The summed E-state index contributed by atoms with van der Waals surface area (Å²) in [6.07, 6.45) is 2.72. The Morgan fingerprint density at radius 3 is 2.91 bits per heavy atom. The van der Waals surface area contributed by atoms with E-state index in [1.807, 2.05) is 6.92 Å². The van der Waals surface area contributed by atoms with Crippen molar-refractivity contribution in [2.75, 3.05) is 26.0 Å². The first kappa shape index (κ1) is 16.8. The molecule has 0 aliphatic carbocycles. The van der Waals surface area contributed by atoms with Gasteiger partial charge in [0.05, 0.1) is 12.9 Å². The second kappa shape index (κ2) is 7.11. The molecule has 6 nitrogen and oxygen atoms in total. The average Bonchev–Trinajstić information content (AvgIpc) is 2.47. The Kier molecular flexibility index (Phi) is 5.42. The number of carbonyl (C=O) groups excluding carboxylic acids is 1. The van der Waals surface area contributed by atoms with Gasteiger partial charge in [-0.1, -0.05) is 6.07 Å². The molecule has 0 bridgehead atoms. The Labute approximate surface area is 131 Å². The van der Waals surface area contributed by atoms with Crippen LogP contribution in [0.4, 0.5) is 0 Å². The average molecular weight is 326 g/mol. The number of rotatable bonds is 5. The van der Waals surface area contributed by atoms with E-state index >= 15 is 0 Å². The van der Waals surface area contributed by atoms with E-state index in [9.17, 15) is 13.2 Å². The van der Waals surface area contributed by atoms with E-state index in [4.69, 9.17) is 4.74 Å². The molecule has 2 rings (SSSR count). The normalized spacial score (nSPS) is 19.6. The third kappa shape index (κ3) is 4.45. The number of amides is 1. The number of benzene rings is 1. The monoisotopic (exact) mass is 326 g/mol. The Morgan fingerprint density at radius 2 is 2.23 bits per heavy atom. The summed E-state index contributed by atoms with van der Waals surface area (Å²) >= 11 is 0. The number of hydrogen-bond acceptors (Lipinski definition) is 4. The SMILES string of the molecule is CCOc1cccc(C(=O)NC2CCCN(S(C)(=O)=O)C2)c1. The standard InChI is InChI=1S/C15H22N2O4S/c1-3-21-14-8-4-6-12(10-14)15(18)16-13-7-5-9-17(11-13)22(2,19)20/h4,6,8,10,13H,3,5,7,9,11H2,1-2H3,(H,16,18). The molecule has 1 aromatic carbocycles. The molecular formula is C15H22N2O4S. The number of ether oxygens (including phenoxy) is 1. The van der Waals surface area contributed by atoms with E-state index < -0.39 is 10.0 Å². The summed E-state index contributed by atoms with van der Waals surface area (Å²) in [5.74, 6) is 0.443. The van der Waals surface area contributed by atoms with Crippen LogP contribution in [0.5, 0.6) is 5.75 Å². The van der Waals surface area contributed by atoms with Crippen molar-refractivity contribution in [3.8, 4) is 5.75 Å². The maximum Gasteiger partial charge on any atom is 0.251 e. The van der Waals surface area contributed by atoms with Crippen molar-refractivity contribution in [3.05, 3.63) is 29.8 Å². The van der Waals surface area contributed by atoms with E-state index in [0.717, 1.165) is 12.8 Å². The molecule has 0 aromatic heterocycles. The molecule has 1 amide bonds. The van der Waals surface area contributed by atoms with Gasteiger partial charge in [0.1, 0.15) is 5.75 Å². The van der Waals surface area contributed by atoms with Crippen molar-refractivity contribution < 1.29 is 17.9 Å². The molecule has 122 valence electrons. The summed E-state index contributed by atoms with van der Waals surface area (Å²) < 4.78 is 30.0. The van der Waals surface area contributed by atoms with Gasteiger partial charge < -0.3 is 10.1 Å². The zero-order valence-corrected chi connectivity index (χ0v) is 13.7. The predicted octanol–water partition coefficient (Wildman–Crippen LogP) is 1.24. The van der Waals surface area contributed by atoms with E-state index in [2.05, 4.69) is 5.32 Å². The summed E-state index contributed by atoms with van der Waals surface area (Å²) in [6.45, 7) is 3.27. The Bertz CT molecular complexity index is 630. The van der Waals surface area contributed by atoms with Crippen LogP contribution in [0.25, 0.3) is 0 Å². The van der Waals surface area contributed by atoms with Gasteiger partial charge in [0.15, 0.2) is 0 Å². The van der Waals surface area contributed by atoms with Gasteiger partial charge in [0.2, 0.25) is 10.0 Å². The summed E-state index contributed by atoms with van der Waals surface area (Å²) in [4.78, 5) is 12.3. The third-order valence-corrected chi connectivity index (χ3v) is 4.87. The number of sulfonamides is 1. The molecule has 0 saturated carbocycles. The van der Waals surface area contributed by atoms with Crippen molar-refractivity contribution in [1.29, 1.82) is 0 Å². The second-order valence-corrected chi connectivity index (χ2v) is 7.38. The number of carbonyl (C=O) groups is 1. The summed E-state index contributed by atoms with van der Waals surface area (Å²) in [5, 5.41) is 2.91. The van der Waals surface area contributed by atoms with Crippen molar-refractivity contribution >= 4 is 15.9 Å². The van der Waals surface area contributed by atoms with E-state index in [1.54, 1.807) is 24.3 Å². The first-order chi connectivity index (χ1) is 10.4. The Morgan fingerprint density at radius 1 is 1.45 bits per heavy atom. The summed E-state index contributed by atoms with van der Waals surface area (Å²) in [5.41, 5.74) is 0.516. The van der Waals surface area contributed by atoms with Crippen LogP contribution in [0.1, 0.15) is 30.1 Å². The molecule has 1 fully saturated rings. The van der Waals surface area contributed by atoms with Gasteiger partial charge in [-0.2, -0.15) is 0 Å². The van der Waals surface area contributed by atoms with Gasteiger partial charge in [-0.05, 0) is 38.0 Å². The minimum atomic E-state index is -3.21. The highest BCUT2D eigenvalue weighted by Crippen LogP contribution is 2.16. The molecule has 1 heterocycles. The largest absolute Gasteiger partial charge is 0.494 e. The van der Waals surface area contributed by atoms with Crippen LogP contribution in [0.15, 0.2) is 24.3 Å². The fourth-order valence-corrected chi connectivity index (χ4v) is 3.44. The Balaban J connectivity index is 2.01. The lowest BCUT2D eigenvalue weighted by atomic mass is 10.1. The van der Waals surface area contributed by atoms with Crippen LogP contribution in [-0.2, 0) is 10.0 Å². The minimum Gasteiger partial charge on any atom is -0.494 e. The van der Waals surface area contributed by atoms with Crippen LogP contribution in [0, 0.1) is 0 Å². The van der Waals surface area contributed by atoms with Gasteiger partial charge >= 0.3 is 0 Å².